The summed E-state index contributed by atoms with van der Waals surface area (Å²) in [6.07, 6.45) is 0.738. The third-order valence-electron chi connectivity index (χ3n) is 3.71. The third kappa shape index (κ3) is 1.88. The molecule has 2 aliphatic heterocycles. The van der Waals surface area contributed by atoms with Gasteiger partial charge >= 0.3 is 0 Å². The van der Waals surface area contributed by atoms with E-state index in [0.29, 0.717) is 12.6 Å². The van der Waals surface area contributed by atoms with E-state index in [4.69, 9.17) is 4.74 Å². The second-order valence-electron chi connectivity index (χ2n) is 5.06. The lowest BCUT2D eigenvalue weighted by atomic mass is 9.83. The lowest BCUT2D eigenvalue weighted by Gasteiger charge is -2.47. The summed E-state index contributed by atoms with van der Waals surface area (Å²) in [5.41, 5.74) is 1.42. The lowest BCUT2D eigenvalue weighted by molar-refractivity contribution is 0.00419. The topological polar surface area (TPSA) is 32.7 Å². The van der Waals surface area contributed by atoms with E-state index in [1.807, 2.05) is 19.1 Å². The van der Waals surface area contributed by atoms with E-state index >= 15 is 0 Å². The molecule has 1 aromatic rings. The van der Waals surface area contributed by atoms with Gasteiger partial charge < -0.3 is 14.7 Å². The van der Waals surface area contributed by atoms with Gasteiger partial charge in [0.15, 0.2) is 0 Å². The van der Waals surface area contributed by atoms with Crippen LogP contribution in [0.15, 0.2) is 22.7 Å². The first kappa shape index (κ1) is 11.5. The maximum absolute atomic E-state index is 10.6. The van der Waals surface area contributed by atoms with Crippen LogP contribution >= 0.6 is 15.9 Å². The van der Waals surface area contributed by atoms with E-state index in [1.54, 1.807) is 0 Å². The minimum absolute atomic E-state index is 0.292. The second kappa shape index (κ2) is 3.97. The van der Waals surface area contributed by atoms with Gasteiger partial charge in [0.1, 0.15) is 0 Å². The predicted octanol–water partition coefficient (Wildman–Crippen LogP) is 2.27. The molecule has 1 fully saturated rings. The molecule has 0 bridgehead atoms. The number of anilines is 1. The van der Waals surface area contributed by atoms with Gasteiger partial charge in [-0.1, -0.05) is 22.0 Å². The van der Waals surface area contributed by atoms with Crippen LogP contribution in [0, 0.1) is 0 Å². The van der Waals surface area contributed by atoms with E-state index in [0.717, 1.165) is 35.3 Å². The van der Waals surface area contributed by atoms with Crippen LogP contribution in [0.25, 0.3) is 0 Å². The molecule has 2 heterocycles. The van der Waals surface area contributed by atoms with Crippen LogP contribution in [0.4, 0.5) is 5.69 Å². The highest BCUT2D eigenvalue weighted by Gasteiger charge is 2.40. The summed E-state index contributed by atoms with van der Waals surface area (Å²) in [5.74, 6) is 0. The smallest absolute Gasteiger partial charge is 0.0908 e. The molecule has 92 valence electrons. The van der Waals surface area contributed by atoms with Gasteiger partial charge in [-0.25, -0.2) is 0 Å². The molecular formula is C13H16BrNO2. The molecule has 0 radical (unpaired) electrons. The molecule has 3 nitrogen and oxygen atoms in total. The van der Waals surface area contributed by atoms with Crippen LogP contribution in [-0.4, -0.2) is 30.9 Å². The highest BCUT2D eigenvalue weighted by Crippen LogP contribution is 2.42. The van der Waals surface area contributed by atoms with Crippen molar-refractivity contribution in [3.05, 3.63) is 28.2 Å². The largest absolute Gasteiger partial charge is 0.385 e. The highest BCUT2D eigenvalue weighted by molar-refractivity contribution is 9.10. The molecule has 3 rings (SSSR count). The van der Waals surface area contributed by atoms with Gasteiger partial charge in [0, 0.05) is 28.7 Å². The van der Waals surface area contributed by atoms with Gasteiger partial charge in [-0.3, -0.25) is 0 Å². The average molecular weight is 298 g/mol. The van der Waals surface area contributed by atoms with E-state index in [-0.39, 0.29) is 0 Å². The Bertz CT molecular complexity index is 447. The first-order valence-corrected chi connectivity index (χ1v) is 6.74. The van der Waals surface area contributed by atoms with Crippen LogP contribution in [0.5, 0.6) is 0 Å². The maximum atomic E-state index is 10.6. The number of hydrogen-bond donors (Lipinski definition) is 1. The zero-order valence-electron chi connectivity index (χ0n) is 9.82. The summed E-state index contributed by atoms with van der Waals surface area (Å²) in [4.78, 5) is 2.36. The molecule has 2 atom stereocenters. The standard InChI is InChI=1S/C13H16BrNO2/c1-13(16)7-10-8-17-5-4-15(10)12-6-9(14)2-3-11(12)13/h2-3,6,10,16H,4-5,7-8H2,1H3/t10-,13-/m0/s1. The van der Waals surface area contributed by atoms with Crippen LogP contribution in [-0.2, 0) is 10.3 Å². The fraction of sp³-hybridized carbons (Fsp3) is 0.538. The van der Waals surface area contributed by atoms with Crippen LogP contribution in [0.1, 0.15) is 18.9 Å². The third-order valence-corrected chi connectivity index (χ3v) is 4.20. The van der Waals surface area contributed by atoms with Crippen molar-refractivity contribution < 1.29 is 9.84 Å². The average Bonchev–Trinajstić information content (AvgIpc) is 2.28. The molecule has 0 unspecified atom stereocenters. The molecule has 0 amide bonds. The van der Waals surface area contributed by atoms with Crippen molar-refractivity contribution in [2.24, 2.45) is 0 Å². The monoisotopic (exact) mass is 297 g/mol. The normalized spacial score (nSPS) is 31.9. The molecule has 1 aromatic carbocycles. The van der Waals surface area contributed by atoms with Crippen molar-refractivity contribution in [3.63, 3.8) is 0 Å². The van der Waals surface area contributed by atoms with Crippen LogP contribution in [0.3, 0.4) is 0 Å². The molecule has 1 N–H and O–H groups in total. The number of aliphatic hydroxyl groups is 1. The Morgan fingerprint density at radius 2 is 2.35 bits per heavy atom. The number of rotatable bonds is 0. The van der Waals surface area contributed by atoms with Crippen molar-refractivity contribution in [2.75, 3.05) is 24.7 Å². The number of benzene rings is 1. The number of nitrogens with zero attached hydrogens (tertiary/aromatic N) is 1. The zero-order chi connectivity index (χ0) is 12.0. The Hall–Kier alpha value is -0.580. The molecule has 0 saturated carbocycles. The fourth-order valence-corrected chi connectivity index (χ4v) is 3.26. The molecule has 0 aliphatic carbocycles. The lowest BCUT2D eigenvalue weighted by Crippen LogP contribution is -2.52. The van der Waals surface area contributed by atoms with E-state index in [9.17, 15) is 5.11 Å². The summed E-state index contributed by atoms with van der Waals surface area (Å²) in [7, 11) is 0. The SMILES string of the molecule is C[C@]1(O)C[C@H]2COCCN2c2cc(Br)ccc21. The van der Waals surface area contributed by atoms with E-state index < -0.39 is 5.60 Å². The van der Waals surface area contributed by atoms with Crippen molar-refractivity contribution in [2.45, 2.75) is 25.0 Å². The van der Waals surface area contributed by atoms with Gasteiger partial charge in [0.2, 0.25) is 0 Å². The van der Waals surface area contributed by atoms with E-state index in [1.165, 1.54) is 0 Å². The van der Waals surface area contributed by atoms with Crippen molar-refractivity contribution in [3.8, 4) is 0 Å². The van der Waals surface area contributed by atoms with Gasteiger partial charge in [-0.2, -0.15) is 0 Å². The van der Waals surface area contributed by atoms with Gasteiger partial charge in [-0.15, -0.1) is 0 Å². The molecule has 1 saturated heterocycles. The van der Waals surface area contributed by atoms with Gasteiger partial charge in [0.05, 0.1) is 24.9 Å². The fourth-order valence-electron chi connectivity index (χ4n) is 2.91. The Morgan fingerprint density at radius 1 is 1.53 bits per heavy atom. The second-order valence-corrected chi connectivity index (χ2v) is 5.98. The highest BCUT2D eigenvalue weighted by atomic mass is 79.9. The zero-order valence-corrected chi connectivity index (χ0v) is 11.4. The summed E-state index contributed by atoms with van der Waals surface area (Å²) < 4.78 is 6.57. The van der Waals surface area contributed by atoms with E-state index in [2.05, 4.69) is 26.9 Å². The Balaban J connectivity index is 2.11. The molecule has 2 aliphatic rings. The van der Waals surface area contributed by atoms with Gasteiger partial charge in [0.25, 0.3) is 0 Å². The summed E-state index contributed by atoms with van der Waals surface area (Å²) >= 11 is 3.50. The Labute approximate surface area is 110 Å². The quantitative estimate of drug-likeness (QED) is 0.797. The minimum atomic E-state index is -0.752. The predicted molar refractivity (Wildman–Crippen MR) is 70.3 cm³/mol. The van der Waals surface area contributed by atoms with Gasteiger partial charge in [-0.05, 0) is 19.1 Å². The van der Waals surface area contributed by atoms with Crippen LogP contribution in [0.2, 0.25) is 0 Å². The first-order chi connectivity index (χ1) is 8.08. The molecular weight excluding hydrogens is 282 g/mol. The first-order valence-electron chi connectivity index (χ1n) is 5.95. The number of fused-ring (bicyclic) bond motifs is 3. The molecule has 4 heteroatoms. The van der Waals surface area contributed by atoms with Crippen molar-refractivity contribution >= 4 is 21.6 Å². The summed E-state index contributed by atoms with van der Waals surface area (Å²) in [6.45, 7) is 4.28. The number of hydrogen-bond acceptors (Lipinski definition) is 3. The maximum Gasteiger partial charge on any atom is 0.0908 e. The Kier molecular flexibility index (Phi) is 2.69. The van der Waals surface area contributed by atoms with Crippen molar-refractivity contribution in [1.82, 2.24) is 0 Å². The number of morpholine rings is 1. The minimum Gasteiger partial charge on any atom is -0.385 e. The van der Waals surface area contributed by atoms with Crippen LogP contribution < -0.4 is 4.90 Å². The summed E-state index contributed by atoms with van der Waals surface area (Å²) in [5, 5.41) is 10.6. The molecule has 0 aromatic heterocycles. The summed E-state index contributed by atoms with van der Waals surface area (Å²) in [6, 6.07) is 6.40. The Morgan fingerprint density at radius 3 is 3.18 bits per heavy atom. The molecule has 0 spiro atoms. The number of ether oxygens (including phenoxy) is 1. The molecule has 17 heavy (non-hydrogen) atoms. The van der Waals surface area contributed by atoms with Crippen molar-refractivity contribution in [1.29, 1.82) is 0 Å². The number of halogens is 1.